The largest absolute Gasteiger partial charge is 0.481 e. The lowest BCUT2D eigenvalue weighted by Crippen LogP contribution is -2.54. The molecule has 5 rings (SSSR count). The van der Waals surface area contributed by atoms with Crippen molar-refractivity contribution in [2.75, 3.05) is 25.0 Å². The third-order valence-corrected chi connectivity index (χ3v) is 5.76. The second-order valence-corrected chi connectivity index (χ2v) is 7.85. The smallest absolute Gasteiger partial charge is 0.262 e. The van der Waals surface area contributed by atoms with Gasteiger partial charge in [0.1, 0.15) is 11.6 Å². The molecule has 0 unspecified atom stereocenters. The van der Waals surface area contributed by atoms with Gasteiger partial charge in [-0.3, -0.25) is 9.59 Å². The molecule has 0 atom stereocenters. The van der Waals surface area contributed by atoms with Gasteiger partial charge in [-0.05, 0) is 23.8 Å². The summed E-state index contributed by atoms with van der Waals surface area (Å²) in [6, 6.07) is 8.46. The van der Waals surface area contributed by atoms with E-state index in [-0.39, 0.29) is 29.9 Å². The van der Waals surface area contributed by atoms with Gasteiger partial charge >= 0.3 is 0 Å². The Morgan fingerprint density at radius 1 is 1.34 bits per heavy atom. The van der Waals surface area contributed by atoms with E-state index >= 15 is 0 Å². The minimum absolute atomic E-state index is 0.0954. The van der Waals surface area contributed by atoms with E-state index in [1.165, 1.54) is 11.0 Å². The van der Waals surface area contributed by atoms with Crippen molar-refractivity contribution in [1.82, 2.24) is 9.88 Å². The lowest BCUT2D eigenvalue weighted by Gasteiger charge is -2.39. The van der Waals surface area contributed by atoms with Gasteiger partial charge in [0.25, 0.3) is 11.8 Å². The van der Waals surface area contributed by atoms with E-state index in [2.05, 4.69) is 10.3 Å². The highest BCUT2D eigenvalue weighted by Gasteiger charge is 2.34. The molecule has 0 radical (unpaired) electrons. The molecule has 148 valence electrons. The van der Waals surface area contributed by atoms with Crippen LogP contribution in [-0.2, 0) is 16.1 Å². The van der Waals surface area contributed by atoms with Crippen LogP contribution in [0.3, 0.4) is 0 Å². The number of carbonyl (C=O) groups excluding carboxylic acids is 2. The van der Waals surface area contributed by atoms with Gasteiger partial charge in [0, 0.05) is 19.2 Å². The van der Waals surface area contributed by atoms with Gasteiger partial charge in [-0.25, -0.2) is 9.37 Å². The average Bonchev–Trinajstić information content (AvgIpc) is 3.14. The van der Waals surface area contributed by atoms with Crippen LogP contribution in [0.2, 0.25) is 0 Å². The Morgan fingerprint density at radius 3 is 3.07 bits per heavy atom. The van der Waals surface area contributed by atoms with E-state index in [0.29, 0.717) is 25.4 Å². The number of nitrogens with one attached hydrogen (secondary N) is 1. The number of anilines is 1. The number of halogens is 1. The van der Waals surface area contributed by atoms with Crippen molar-refractivity contribution in [2.45, 2.75) is 12.7 Å². The number of aromatic nitrogens is 1. The Bertz CT molecular complexity index is 1130. The molecule has 1 aromatic heterocycles. The Morgan fingerprint density at radius 2 is 2.21 bits per heavy atom. The molecule has 0 aliphatic carbocycles. The molecule has 3 heterocycles. The maximum atomic E-state index is 14.3. The number of thiazole rings is 1. The number of rotatable bonds is 4. The SMILES string of the molecule is O=C1COc2cc(F)c(C(=O)N3CC(OCc4ccc5scnc5c4)C3)cc2N1. The number of benzene rings is 2. The van der Waals surface area contributed by atoms with E-state index in [4.69, 9.17) is 9.47 Å². The molecular formula is C20H16FN3O4S. The van der Waals surface area contributed by atoms with Crippen LogP contribution in [0, 0.1) is 5.82 Å². The molecule has 1 fully saturated rings. The summed E-state index contributed by atoms with van der Waals surface area (Å²) in [6.45, 7) is 1.03. The third-order valence-electron chi connectivity index (χ3n) is 4.95. The Kier molecular flexibility index (Phi) is 4.40. The molecule has 0 bridgehead atoms. The fourth-order valence-electron chi connectivity index (χ4n) is 3.35. The molecule has 3 aromatic rings. The van der Waals surface area contributed by atoms with Crippen LogP contribution in [0.1, 0.15) is 15.9 Å². The monoisotopic (exact) mass is 413 g/mol. The van der Waals surface area contributed by atoms with Crippen molar-refractivity contribution in [3.05, 3.63) is 52.8 Å². The summed E-state index contributed by atoms with van der Waals surface area (Å²) in [6.07, 6.45) is -0.103. The molecule has 0 saturated carbocycles. The zero-order valence-electron chi connectivity index (χ0n) is 15.2. The third kappa shape index (κ3) is 3.43. The van der Waals surface area contributed by atoms with E-state index < -0.39 is 11.7 Å². The summed E-state index contributed by atoms with van der Waals surface area (Å²) >= 11 is 1.59. The summed E-state index contributed by atoms with van der Waals surface area (Å²) < 4.78 is 26.5. The highest BCUT2D eigenvalue weighted by atomic mass is 32.1. The topological polar surface area (TPSA) is 80.8 Å². The summed E-state index contributed by atoms with van der Waals surface area (Å²) in [5, 5.41) is 2.58. The maximum Gasteiger partial charge on any atom is 0.262 e. The van der Waals surface area contributed by atoms with Gasteiger partial charge in [-0.15, -0.1) is 11.3 Å². The highest BCUT2D eigenvalue weighted by molar-refractivity contribution is 7.16. The van der Waals surface area contributed by atoms with Crippen molar-refractivity contribution in [2.24, 2.45) is 0 Å². The van der Waals surface area contributed by atoms with E-state index in [1.54, 1.807) is 11.3 Å². The molecule has 2 amide bonds. The number of nitrogens with zero attached hydrogens (tertiary/aromatic N) is 2. The van der Waals surface area contributed by atoms with Gasteiger partial charge in [0.2, 0.25) is 0 Å². The summed E-state index contributed by atoms with van der Waals surface area (Å²) in [5.74, 6) is -1.23. The number of hydrogen-bond donors (Lipinski definition) is 1. The first-order valence-corrected chi connectivity index (χ1v) is 9.94. The molecule has 1 N–H and O–H groups in total. The molecule has 2 aromatic carbocycles. The van der Waals surface area contributed by atoms with E-state index in [0.717, 1.165) is 21.8 Å². The highest BCUT2D eigenvalue weighted by Crippen LogP contribution is 2.32. The van der Waals surface area contributed by atoms with Crippen molar-refractivity contribution in [1.29, 1.82) is 0 Å². The quantitative estimate of drug-likeness (QED) is 0.712. The Hall–Kier alpha value is -3.04. The number of likely N-dealkylation sites (tertiary alicyclic amines) is 1. The normalized spacial score (nSPS) is 16.2. The molecule has 7 nitrogen and oxygen atoms in total. The van der Waals surface area contributed by atoms with Gasteiger partial charge in [0.05, 0.1) is 39.7 Å². The van der Waals surface area contributed by atoms with Gasteiger partial charge in [0.15, 0.2) is 6.61 Å². The van der Waals surface area contributed by atoms with Crippen LogP contribution in [0.15, 0.2) is 35.8 Å². The Balaban J connectivity index is 1.20. The number of ether oxygens (including phenoxy) is 2. The minimum Gasteiger partial charge on any atom is -0.481 e. The van der Waals surface area contributed by atoms with Crippen LogP contribution < -0.4 is 10.1 Å². The lowest BCUT2D eigenvalue weighted by atomic mass is 10.1. The number of fused-ring (bicyclic) bond motifs is 2. The van der Waals surface area contributed by atoms with Crippen LogP contribution in [0.25, 0.3) is 10.2 Å². The van der Waals surface area contributed by atoms with Crippen LogP contribution >= 0.6 is 11.3 Å². The van der Waals surface area contributed by atoms with Crippen LogP contribution in [0.4, 0.5) is 10.1 Å². The molecule has 2 aliphatic heterocycles. The molecule has 29 heavy (non-hydrogen) atoms. The second-order valence-electron chi connectivity index (χ2n) is 6.96. The Labute approximate surface area is 169 Å². The van der Waals surface area contributed by atoms with Crippen LogP contribution in [-0.4, -0.2) is 47.5 Å². The summed E-state index contributed by atoms with van der Waals surface area (Å²) in [7, 11) is 0. The minimum atomic E-state index is -0.675. The predicted octanol–water partition coefficient (Wildman–Crippen LogP) is 2.81. The van der Waals surface area contributed by atoms with Crippen LogP contribution in [0.5, 0.6) is 5.75 Å². The second kappa shape index (κ2) is 7.09. The zero-order valence-corrected chi connectivity index (χ0v) is 16.0. The number of carbonyl (C=O) groups is 2. The molecule has 0 spiro atoms. The first-order valence-electron chi connectivity index (χ1n) is 9.06. The summed E-state index contributed by atoms with van der Waals surface area (Å²) in [4.78, 5) is 29.9. The van der Waals surface area contributed by atoms with Crippen molar-refractivity contribution >= 4 is 39.1 Å². The molecule has 2 aliphatic rings. The predicted molar refractivity (Wildman–Crippen MR) is 105 cm³/mol. The van der Waals surface area contributed by atoms with Crippen molar-refractivity contribution in [3.8, 4) is 5.75 Å². The van der Waals surface area contributed by atoms with Gasteiger partial charge in [-0.2, -0.15) is 0 Å². The molecule has 1 saturated heterocycles. The standard InChI is InChI=1S/C20H16FN3O4S/c21-14-5-17-15(23-19(25)9-28-17)4-13(14)20(26)24-6-12(7-24)27-8-11-1-2-18-16(3-11)22-10-29-18/h1-5,10,12H,6-9H2,(H,23,25). The first-order chi connectivity index (χ1) is 14.1. The average molecular weight is 413 g/mol. The molecular weight excluding hydrogens is 397 g/mol. The first kappa shape index (κ1) is 18.0. The zero-order chi connectivity index (χ0) is 20.0. The van der Waals surface area contributed by atoms with Gasteiger partial charge in [-0.1, -0.05) is 6.07 Å². The number of hydrogen-bond acceptors (Lipinski definition) is 6. The fourth-order valence-corrected chi connectivity index (χ4v) is 4.01. The molecule has 9 heteroatoms. The van der Waals surface area contributed by atoms with Gasteiger partial charge < -0.3 is 19.7 Å². The fraction of sp³-hybridized carbons (Fsp3) is 0.250. The summed E-state index contributed by atoms with van der Waals surface area (Å²) in [5.41, 5.74) is 3.98. The van der Waals surface area contributed by atoms with E-state index in [9.17, 15) is 14.0 Å². The van der Waals surface area contributed by atoms with Crippen molar-refractivity contribution in [3.63, 3.8) is 0 Å². The lowest BCUT2D eigenvalue weighted by molar-refractivity contribution is -0.118. The maximum absolute atomic E-state index is 14.3. The van der Waals surface area contributed by atoms with E-state index in [1.807, 2.05) is 23.7 Å². The number of amides is 2. The van der Waals surface area contributed by atoms with Crippen molar-refractivity contribution < 1.29 is 23.5 Å².